The van der Waals surface area contributed by atoms with Crippen LogP contribution in [-0.4, -0.2) is 45.3 Å². The smallest absolute Gasteiger partial charge is 0.406 e. The van der Waals surface area contributed by atoms with Crippen LogP contribution in [0, 0.1) is 6.92 Å². The molecule has 2 heterocycles. The molecule has 1 aromatic carbocycles. The molecule has 10 heteroatoms. The molecule has 0 fully saturated rings. The molecule has 3 aromatic rings. The molecule has 0 aliphatic rings. The van der Waals surface area contributed by atoms with Crippen molar-refractivity contribution in [3.8, 4) is 5.75 Å². The fourth-order valence-electron chi connectivity index (χ4n) is 2.74. The first kappa shape index (κ1) is 19.6. The Morgan fingerprint density at radius 2 is 2.11 bits per heavy atom. The molecule has 0 unspecified atom stereocenters. The standard InChI is InChI=1S/C18H17F3N4O3/c1-11-8-12(2-3-15(11)28-18(19,20)21)9-25-10-13-14(24-25)4-5-22-16(13)17(27)23-6-7-26/h2-5,8,10,26H,6-7,9H2,1H3,(H,23,27). The SMILES string of the molecule is Cc1cc(Cn2cc3c(C(=O)NCCO)nccc3n2)ccc1OC(F)(F)F. The number of rotatable bonds is 6. The van der Waals surface area contributed by atoms with Crippen molar-refractivity contribution in [2.45, 2.75) is 19.8 Å². The highest BCUT2D eigenvalue weighted by Gasteiger charge is 2.31. The number of nitrogens with one attached hydrogen (secondary N) is 1. The van der Waals surface area contributed by atoms with Crippen LogP contribution in [0.3, 0.4) is 0 Å². The highest BCUT2D eigenvalue weighted by Crippen LogP contribution is 2.27. The molecule has 3 rings (SSSR count). The van der Waals surface area contributed by atoms with Gasteiger partial charge in [0.1, 0.15) is 11.4 Å². The molecule has 0 aliphatic heterocycles. The number of hydrogen-bond acceptors (Lipinski definition) is 5. The van der Waals surface area contributed by atoms with E-state index in [1.165, 1.54) is 25.3 Å². The van der Waals surface area contributed by atoms with Crippen molar-refractivity contribution in [1.82, 2.24) is 20.1 Å². The van der Waals surface area contributed by atoms with E-state index in [0.29, 0.717) is 23.0 Å². The van der Waals surface area contributed by atoms with E-state index in [0.717, 1.165) is 5.56 Å². The molecule has 148 valence electrons. The Labute approximate surface area is 157 Å². The van der Waals surface area contributed by atoms with Crippen molar-refractivity contribution in [1.29, 1.82) is 0 Å². The lowest BCUT2D eigenvalue weighted by atomic mass is 10.1. The van der Waals surface area contributed by atoms with Gasteiger partial charge in [-0.25, -0.2) is 0 Å². The summed E-state index contributed by atoms with van der Waals surface area (Å²) in [5.74, 6) is -0.683. The van der Waals surface area contributed by atoms with Gasteiger partial charge in [-0.2, -0.15) is 5.10 Å². The Bertz CT molecular complexity index is 1000. The molecule has 0 atom stereocenters. The molecule has 2 N–H and O–H groups in total. The van der Waals surface area contributed by atoms with Crippen LogP contribution in [-0.2, 0) is 6.54 Å². The number of amides is 1. The molecule has 0 spiro atoms. The van der Waals surface area contributed by atoms with Crippen molar-refractivity contribution in [3.05, 3.63) is 53.5 Å². The normalized spacial score (nSPS) is 11.6. The molecule has 2 aromatic heterocycles. The number of ether oxygens (including phenoxy) is 1. The lowest BCUT2D eigenvalue weighted by Gasteiger charge is -2.12. The molecular weight excluding hydrogens is 377 g/mol. The van der Waals surface area contributed by atoms with Crippen LogP contribution in [0.4, 0.5) is 13.2 Å². The number of pyridine rings is 1. The predicted molar refractivity (Wildman–Crippen MR) is 93.9 cm³/mol. The molecule has 7 nitrogen and oxygen atoms in total. The van der Waals surface area contributed by atoms with Gasteiger partial charge in [-0.1, -0.05) is 12.1 Å². The van der Waals surface area contributed by atoms with E-state index in [1.807, 2.05) is 0 Å². The summed E-state index contributed by atoms with van der Waals surface area (Å²) in [6.07, 6.45) is -1.64. The quantitative estimate of drug-likeness (QED) is 0.670. The molecule has 0 aliphatic carbocycles. The van der Waals surface area contributed by atoms with Gasteiger partial charge in [0.2, 0.25) is 0 Å². The number of carbonyl (C=O) groups excluding carboxylic acids is 1. The summed E-state index contributed by atoms with van der Waals surface area (Å²) < 4.78 is 42.7. The van der Waals surface area contributed by atoms with Gasteiger partial charge in [0.25, 0.3) is 5.91 Å². The summed E-state index contributed by atoms with van der Waals surface area (Å²) in [5.41, 5.74) is 1.80. The van der Waals surface area contributed by atoms with E-state index >= 15 is 0 Å². The van der Waals surface area contributed by atoms with Crippen molar-refractivity contribution >= 4 is 16.8 Å². The van der Waals surface area contributed by atoms with Crippen molar-refractivity contribution in [3.63, 3.8) is 0 Å². The number of carbonyl (C=O) groups is 1. The lowest BCUT2D eigenvalue weighted by molar-refractivity contribution is -0.274. The molecule has 0 bridgehead atoms. The minimum absolute atomic E-state index is 0.108. The number of alkyl halides is 3. The molecule has 28 heavy (non-hydrogen) atoms. The Kier molecular flexibility index (Phi) is 5.50. The Balaban J connectivity index is 1.83. The first-order valence-electron chi connectivity index (χ1n) is 8.33. The van der Waals surface area contributed by atoms with Crippen LogP contribution in [0.25, 0.3) is 10.9 Å². The summed E-state index contributed by atoms with van der Waals surface area (Å²) in [6.45, 7) is 1.74. The van der Waals surface area contributed by atoms with Gasteiger partial charge in [0, 0.05) is 18.9 Å². The summed E-state index contributed by atoms with van der Waals surface area (Å²) in [4.78, 5) is 16.2. The zero-order chi connectivity index (χ0) is 20.3. The minimum Gasteiger partial charge on any atom is -0.406 e. The van der Waals surface area contributed by atoms with E-state index < -0.39 is 12.3 Å². The molecular formula is C18H17F3N4O3. The van der Waals surface area contributed by atoms with Crippen molar-refractivity contribution in [2.75, 3.05) is 13.2 Å². The highest BCUT2D eigenvalue weighted by molar-refractivity contribution is 6.04. The van der Waals surface area contributed by atoms with Gasteiger partial charge in [0.15, 0.2) is 0 Å². The second-order valence-corrected chi connectivity index (χ2v) is 6.05. The van der Waals surface area contributed by atoms with Crippen LogP contribution >= 0.6 is 0 Å². The lowest BCUT2D eigenvalue weighted by Crippen LogP contribution is -2.27. The van der Waals surface area contributed by atoms with Gasteiger partial charge >= 0.3 is 6.36 Å². The Hall–Kier alpha value is -3.14. The highest BCUT2D eigenvalue weighted by atomic mass is 19.4. The first-order chi connectivity index (χ1) is 13.3. The van der Waals surface area contributed by atoms with Gasteiger partial charge in [0.05, 0.1) is 24.1 Å². The number of aryl methyl sites for hydroxylation is 1. The van der Waals surface area contributed by atoms with Gasteiger partial charge in [-0.05, 0) is 30.2 Å². The summed E-state index contributed by atoms with van der Waals surface area (Å²) in [7, 11) is 0. The molecule has 1 amide bonds. The average molecular weight is 394 g/mol. The van der Waals surface area contributed by atoms with Gasteiger partial charge in [-0.3, -0.25) is 14.5 Å². The third-order valence-corrected chi connectivity index (χ3v) is 3.90. The third-order valence-electron chi connectivity index (χ3n) is 3.90. The maximum absolute atomic E-state index is 12.4. The van der Waals surface area contributed by atoms with Crippen molar-refractivity contribution in [2.24, 2.45) is 0 Å². The molecule has 0 saturated heterocycles. The van der Waals surface area contributed by atoms with E-state index in [2.05, 4.69) is 20.1 Å². The average Bonchev–Trinajstić information content (AvgIpc) is 3.03. The fraction of sp³-hybridized carbons (Fsp3) is 0.278. The van der Waals surface area contributed by atoms with Gasteiger partial charge < -0.3 is 15.2 Å². The number of aromatic nitrogens is 3. The van der Waals surface area contributed by atoms with E-state index in [1.54, 1.807) is 23.0 Å². The summed E-state index contributed by atoms with van der Waals surface area (Å²) in [6, 6.07) is 6.02. The van der Waals surface area contributed by atoms with Crippen LogP contribution < -0.4 is 10.1 Å². The van der Waals surface area contributed by atoms with Gasteiger partial charge in [-0.15, -0.1) is 13.2 Å². The molecule has 0 saturated carbocycles. The minimum atomic E-state index is -4.74. The zero-order valence-corrected chi connectivity index (χ0v) is 14.8. The van der Waals surface area contributed by atoms with Crippen LogP contribution in [0.15, 0.2) is 36.7 Å². The molecule has 0 radical (unpaired) electrons. The monoisotopic (exact) mass is 394 g/mol. The maximum atomic E-state index is 12.4. The second-order valence-electron chi connectivity index (χ2n) is 6.05. The van der Waals surface area contributed by atoms with Crippen LogP contribution in [0.1, 0.15) is 21.6 Å². The maximum Gasteiger partial charge on any atom is 0.573 e. The number of nitrogens with zero attached hydrogens (tertiary/aromatic N) is 3. The number of halogens is 3. The second kappa shape index (κ2) is 7.85. The number of aliphatic hydroxyl groups is 1. The number of fused-ring (bicyclic) bond motifs is 1. The van der Waals surface area contributed by atoms with Crippen molar-refractivity contribution < 1.29 is 27.8 Å². The summed E-state index contributed by atoms with van der Waals surface area (Å²) in [5, 5.41) is 16.3. The fourth-order valence-corrected chi connectivity index (χ4v) is 2.74. The number of benzene rings is 1. The zero-order valence-electron chi connectivity index (χ0n) is 14.8. The van der Waals surface area contributed by atoms with E-state index in [9.17, 15) is 18.0 Å². The Morgan fingerprint density at radius 1 is 1.32 bits per heavy atom. The summed E-state index contributed by atoms with van der Waals surface area (Å²) >= 11 is 0. The largest absolute Gasteiger partial charge is 0.573 e. The predicted octanol–water partition coefficient (Wildman–Crippen LogP) is 2.41. The number of hydrogen-bond donors (Lipinski definition) is 2. The third kappa shape index (κ3) is 4.58. The van der Waals surface area contributed by atoms with E-state index in [4.69, 9.17) is 5.11 Å². The number of aliphatic hydroxyl groups excluding tert-OH is 1. The first-order valence-corrected chi connectivity index (χ1v) is 8.33. The van der Waals surface area contributed by atoms with Crippen LogP contribution in [0.2, 0.25) is 0 Å². The van der Waals surface area contributed by atoms with E-state index in [-0.39, 0.29) is 24.6 Å². The Morgan fingerprint density at radius 3 is 2.79 bits per heavy atom. The van der Waals surface area contributed by atoms with Crippen LogP contribution in [0.5, 0.6) is 5.75 Å². The topological polar surface area (TPSA) is 89.3 Å².